The molecule has 0 aromatic carbocycles. The van der Waals surface area contributed by atoms with E-state index < -0.39 is 0 Å². The van der Waals surface area contributed by atoms with Gasteiger partial charge in [-0.05, 0) is 25.5 Å². The monoisotopic (exact) mass is 193 g/mol. The van der Waals surface area contributed by atoms with Gasteiger partial charge in [0.1, 0.15) is 0 Å². The molecule has 0 spiro atoms. The molecule has 13 heavy (non-hydrogen) atoms. The Bertz CT molecular complexity index is 353. The van der Waals surface area contributed by atoms with E-state index in [1.54, 1.807) is 12.3 Å². The topological polar surface area (TPSA) is 12.9 Å². The van der Waals surface area contributed by atoms with Crippen LogP contribution in [0.25, 0.3) is 11.1 Å². The molecule has 2 heteroatoms. The second-order valence-electron chi connectivity index (χ2n) is 2.74. The summed E-state index contributed by atoms with van der Waals surface area (Å²) in [5.41, 5.74) is 2.90. The zero-order valence-corrected chi connectivity index (χ0v) is 8.60. The fourth-order valence-electron chi connectivity index (χ4n) is 1.06. The molecule has 0 amide bonds. The van der Waals surface area contributed by atoms with Crippen molar-refractivity contribution in [3.05, 3.63) is 41.7 Å². The van der Waals surface area contributed by atoms with Gasteiger partial charge in [0.2, 0.25) is 0 Å². The lowest BCUT2D eigenvalue weighted by atomic mass is 10.1. The van der Waals surface area contributed by atoms with Crippen LogP contribution < -0.4 is 0 Å². The summed E-state index contributed by atoms with van der Waals surface area (Å²) in [5, 5.41) is 0.730. The molecule has 1 nitrogen and oxygen atoms in total. The van der Waals surface area contributed by atoms with Gasteiger partial charge in [-0.3, -0.25) is 4.98 Å². The lowest BCUT2D eigenvalue weighted by Gasteiger charge is -2.04. The van der Waals surface area contributed by atoms with Gasteiger partial charge in [-0.1, -0.05) is 30.3 Å². The van der Waals surface area contributed by atoms with Gasteiger partial charge >= 0.3 is 0 Å². The van der Waals surface area contributed by atoms with Gasteiger partial charge in [-0.25, -0.2) is 0 Å². The van der Waals surface area contributed by atoms with Gasteiger partial charge in [-0.2, -0.15) is 0 Å². The molecule has 68 valence electrons. The number of aryl methyl sites for hydroxylation is 1. The standard InChI is InChI=1S/C11H12ClN/c1-4-9-6-10(11(12)5-2)8(3)13-7-9/h4-7H,1H2,2-3H3/b11-5+. The van der Waals surface area contributed by atoms with Crippen LogP contribution in [0.2, 0.25) is 0 Å². The van der Waals surface area contributed by atoms with Gasteiger partial charge in [0.05, 0.1) is 0 Å². The van der Waals surface area contributed by atoms with Crippen molar-refractivity contribution in [1.29, 1.82) is 0 Å². The van der Waals surface area contributed by atoms with E-state index in [1.807, 2.05) is 26.0 Å². The van der Waals surface area contributed by atoms with Crippen LogP contribution in [0.4, 0.5) is 0 Å². The van der Waals surface area contributed by atoms with E-state index >= 15 is 0 Å². The van der Waals surface area contributed by atoms with E-state index in [9.17, 15) is 0 Å². The van der Waals surface area contributed by atoms with Crippen LogP contribution in [0.15, 0.2) is 24.9 Å². The lowest BCUT2D eigenvalue weighted by Crippen LogP contribution is -1.89. The summed E-state index contributed by atoms with van der Waals surface area (Å²) in [6.45, 7) is 7.53. The molecule has 0 saturated carbocycles. The first-order chi connectivity index (χ1) is 6.19. The largest absolute Gasteiger partial charge is 0.260 e. The Morgan fingerprint density at radius 3 is 2.85 bits per heavy atom. The minimum Gasteiger partial charge on any atom is -0.260 e. The van der Waals surface area contributed by atoms with Crippen molar-refractivity contribution in [2.45, 2.75) is 13.8 Å². The highest BCUT2D eigenvalue weighted by Gasteiger charge is 2.02. The van der Waals surface area contributed by atoms with Crippen LogP contribution in [0.5, 0.6) is 0 Å². The number of rotatable bonds is 2. The zero-order valence-electron chi connectivity index (χ0n) is 7.84. The fourth-order valence-corrected chi connectivity index (χ4v) is 1.25. The first kappa shape index (κ1) is 10.0. The van der Waals surface area contributed by atoms with E-state index in [0.717, 1.165) is 21.9 Å². The quantitative estimate of drug-likeness (QED) is 0.699. The fraction of sp³-hybridized carbons (Fsp3) is 0.182. The number of hydrogen-bond donors (Lipinski definition) is 0. The molecule has 0 aliphatic carbocycles. The molecule has 1 rings (SSSR count). The predicted octanol–water partition coefficient (Wildman–Crippen LogP) is 3.63. The smallest absolute Gasteiger partial charge is 0.0460 e. The summed E-state index contributed by atoms with van der Waals surface area (Å²) in [7, 11) is 0. The van der Waals surface area contributed by atoms with Gasteiger partial charge in [0.15, 0.2) is 0 Å². The highest BCUT2D eigenvalue weighted by atomic mass is 35.5. The Labute approximate surface area is 83.8 Å². The van der Waals surface area contributed by atoms with Gasteiger partial charge in [0, 0.05) is 22.5 Å². The molecule has 0 bridgehead atoms. The number of hydrogen-bond acceptors (Lipinski definition) is 1. The Hall–Kier alpha value is -1.08. The van der Waals surface area contributed by atoms with E-state index in [4.69, 9.17) is 11.6 Å². The SMILES string of the molecule is C=Cc1cnc(C)c(/C(Cl)=C\C)c1. The Morgan fingerprint density at radius 2 is 2.31 bits per heavy atom. The molecule has 0 N–H and O–H groups in total. The van der Waals surface area contributed by atoms with E-state index in [2.05, 4.69) is 11.6 Å². The molecule has 0 unspecified atom stereocenters. The van der Waals surface area contributed by atoms with Crippen molar-refractivity contribution in [3.63, 3.8) is 0 Å². The van der Waals surface area contributed by atoms with Gasteiger partial charge < -0.3 is 0 Å². The number of halogens is 1. The van der Waals surface area contributed by atoms with Crippen LogP contribution in [0.1, 0.15) is 23.7 Å². The molecule has 0 saturated heterocycles. The highest BCUT2D eigenvalue weighted by molar-refractivity contribution is 6.48. The average molecular weight is 194 g/mol. The van der Waals surface area contributed by atoms with Crippen molar-refractivity contribution in [3.8, 4) is 0 Å². The lowest BCUT2D eigenvalue weighted by molar-refractivity contribution is 1.18. The number of allylic oxidation sites excluding steroid dienone is 1. The molecular weight excluding hydrogens is 182 g/mol. The molecule has 1 aromatic heterocycles. The molecular formula is C11H12ClN. The maximum Gasteiger partial charge on any atom is 0.0460 e. The molecule has 1 aromatic rings. The zero-order chi connectivity index (χ0) is 9.84. The molecule has 0 aliphatic rings. The number of aromatic nitrogens is 1. The number of pyridine rings is 1. The van der Waals surface area contributed by atoms with E-state index in [1.165, 1.54) is 0 Å². The number of nitrogens with zero attached hydrogens (tertiary/aromatic N) is 1. The second kappa shape index (κ2) is 4.24. The summed E-state index contributed by atoms with van der Waals surface area (Å²) in [5.74, 6) is 0. The van der Waals surface area contributed by atoms with Crippen LogP contribution in [-0.4, -0.2) is 4.98 Å². The van der Waals surface area contributed by atoms with Gasteiger partial charge in [0.25, 0.3) is 0 Å². The Balaban J connectivity index is 3.26. The Kier molecular flexibility index (Phi) is 3.26. The van der Waals surface area contributed by atoms with Crippen LogP contribution in [0.3, 0.4) is 0 Å². The normalized spacial score (nSPS) is 11.5. The summed E-state index contributed by atoms with van der Waals surface area (Å²) >= 11 is 6.01. The van der Waals surface area contributed by atoms with Crippen molar-refractivity contribution < 1.29 is 0 Å². The first-order valence-electron chi connectivity index (χ1n) is 4.10. The van der Waals surface area contributed by atoms with E-state index in [-0.39, 0.29) is 0 Å². The van der Waals surface area contributed by atoms with Crippen LogP contribution >= 0.6 is 11.6 Å². The third-order valence-corrected chi connectivity index (χ3v) is 2.28. The Morgan fingerprint density at radius 1 is 1.62 bits per heavy atom. The van der Waals surface area contributed by atoms with Crippen LogP contribution in [-0.2, 0) is 0 Å². The third-order valence-electron chi connectivity index (χ3n) is 1.85. The minimum atomic E-state index is 0.730. The maximum atomic E-state index is 6.01. The first-order valence-corrected chi connectivity index (χ1v) is 4.48. The predicted molar refractivity (Wildman–Crippen MR) is 58.6 cm³/mol. The van der Waals surface area contributed by atoms with Gasteiger partial charge in [-0.15, -0.1) is 0 Å². The van der Waals surface area contributed by atoms with Crippen molar-refractivity contribution in [1.82, 2.24) is 4.98 Å². The molecule has 0 fully saturated rings. The molecule has 0 radical (unpaired) electrons. The molecule has 0 aliphatic heterocycles. The summed E-state index contributed by atoms with van der Waals surface area (Å²) in [4.78, 5) is 4.22. The summed E-state index contributed by atoms with van der Waals surface area (Å²) in [6.07, 6.45) is 5.40. The minimum absolute atomic E-state index is 0.730. The third kappa shape index (κ3) is 2.19. The van der Waals surface area contributed by atoms with Crippen LogP contribution in [0, 0.1) is 6.92 Å². The van der Waals surface area contributed by atoms with Crippen molar-refractivity contribution in [2.75, 3.05) is 0 Å². The summed E-state index contributed by atoms with van der Waals surface area (Å²) < 4.78 is 0. The summed E-state index contributed by atoms with van der Waals surface area (Å²) in [6, 6.07) is 1.98. The van der Waals surface area contributed by atoms with Crippen molar-refractivity contribution >= 4 is 22.7 Å². The van der Waals surface area contributed by atoms with Crippen molar-refractivity contribution in [2.24, 2.45) is 0 Å². The second-order valence-corrected chi connectivity index (χ2v) is 3.15. The highest BCUT2D eigenvalue weighted by Crippen LogP contribution is 2.22. The molecule has 1 heterocycles. The van der Waals surface area contributed by atoms with E-state index in [0.29, 0.717) is 0 Å². The average Bonchev–Trinajstić information content (AvgIpc) is 2.17. The molecule has 0 atom stereocenters. The maximum absolute atomic E-state index is 6.01.